The number of amides is 1. The van der Waals surface area contributed by atoms with Crippen LogP contribution in [0.2, 0.25) is 0 Å². The number of carbonyl (C=O) groups excluding carboxylic acids is 1. The molecule has 1 amide bonds. The van der Waals surface area contributed by atoms with E-state index in [2.05, 4.69) is 4.72 Å². The molecule has 0 radical (unpaired) electrons. The van der Waals surface area contributed by atoms with Gasteiger partial charge in [0.15, 0.2) is 0 Å². The summed E-state index contributed by atoms with van der Waals surface area (Å²) in [5.74, 6) is 0.113. The number of hydrogen-bond acceptors (Lipinski definition) is 3. The van der Waals surface area contributed by atoms with Crippen molar-refractivity contribution in [3.8, 4) is 0 Å². The number of nitrogens with zero attached hydrogens (tertiary/aromatic N) is 1. The molecule has 1 aliphatic rings. The maximum Gasteiger partial charge on any atom is 0.223 e. The Morgan fingerprint density at radius 2 is 2.00 bits per heavy atom. The smallest absolute Gasteiger partial charge is 0.223 e. The van der Waals surface area contributed by atoms with Crippen LogP contribution in [0.1, 0.15) is 40.0 Å². The molecule has 0 saturated carbocycles. The highest BCUT2D eigenvalue weighted by atomic mass is 32.2. The number of piperidine rings is 1. The van der Waals surface area contributed by atoms with Crippen LogP contribution in [0.4, 0.5) is 0 Å². The summed E-state index contributed by atoms with van der Waals surface area (Å²) in [6, 6.07) is -0.141. The minimum Gasteiger partial charge on any atom is -0.341 e. The second-order valence-electron chi connectivity index (χ2n) is 6.31. The quantitative estimate of drug-likeness (QED) is 0.835. The highest BCUT2D eigenvalue weighted by Crippen LogP contribution is 2.21. The van der Waals surface area contributed by atoms with Gasteiger partial charge in [-0.1, -0.05) is 20.8 Å². The fraction of sp³-hybridized carbons (Fsp3) is 0.917. The summed E-state index contributed by atoms with van der Waals surface area (Å²) in [6.07, 6.45) is 3.30. The van der Waals surface area contributed by atoms with Crippen LogP contribution in [0.5, 0.6) is 0 Å². The molecule has 0 aromatic carbocycles. The standard InChI is InChI=1S/C12H24N2O3S/c1-12(2,3)8-11(15)14-7-5-6-10(9-14)13-18(4,16)17/h10,13H,5-9H2,1-4H3/t10-/m0/s1. The summed E-state index contributed by atoms with van der Waals surface area (Å²) in [7, 11) is -3.20. The molecule has 5 nitrogen and oxygen atoms in total. The number of carbonyl (C=O) groups is 1. The van der Waals surface area contributed by atoms with E-state index < -0.39 is 10.0 Å². The molecule has 18 heavy (non-hydrogen) atoms. The second-order valence-corrected chi connectivity index (χ2v) is 8.09. The lowest BCUT2D eigenvalue weighted by Gasteiger charge is -2.34. The largest absolute Gasteiger partial charge is 0.341 e. The third-order valence-electron chi connectivity index (χ3n) is 2.84. The first-order valence-electron chi connectivity index (χ1n) is 6.32. The molecule has 0 aliphatic carbocycles. The summed E-state index contributed by atoms with van der Waals surface area (Å²) in [6.45, 7) is 7.31. The number of rotatable bonds is 3. The molecule has 1 atom stereocenters. The van der Waals surface area contributed by atoms with Crippen LogP contribution < -0.4 is 4.72 Å². The van der Waals surface area contributed by atoms with Gasteiger partial charge in [-0.2, -0.15) is 0 Å². The zero-order valence-electron chi connectivity index (χ0n) is 11.7. The van der Waals surface area contributed by atoms with E-state index in [-0.39, 0.29) is 17.4 Å². The van der Waals surface area contributed by atoms with Gasteiger partial charge in [0.25, 0.3) is 0 Å². The van der Waals surface area contributed by atoms with Gasteiger partial charge in [-0.25, -0.2) is 13.1 Å². The topological polar surface area (TPSA) is 66.5 Å². The van der Waals surface area contributed by atoms with Crippen LogP contribution in [-0.4, -0.2) is 44.6 Å². The Hall–Kier alpha value is -0.620. The molecule has 1 saturated heterocycles. The Morgan fingerprint density at radius 3 is 2.50 bits per heavy atom. The van der Waals surface area contributed by atoms with Gasteiger partial charge in [0.2, 0.25) is 15.9 Å². The average molecular weight is 276 g/mol. The maximum atomic E-state index is 12.1. The third-order valence-corrected chi connectivity index (χ3v) is 3.60. The maximum absolute atomic E-state index is 12.1. The fourth-order valence-electron chi connectivity index (χ4n) is 2.17. The van der Waals surface area contributed by atoms with E-state index in [4.69, 9.17) is 0 Å². The zero-order valence-corrected chi connectivity index (χ0v) is 12.5. The summed E-state index contributed by atoms with van der Waals surface area (Å²) < 4.78 is 25.0. The Kier molecular flexibility index (Phi) is 4.78. The van der Waals surface area contributed by atoms with E-state index >= 15 is 0 Å². The van der Waals surface area contributed by atoms with Gasteiger partial charge < -0.3 is 4.90 Å². The van der Waals surface area contributed by atoms with Gasteiger partial charge in [-0.15, -0.1) is 0 Å². The van der Waals surface area contributed by atoms with Crippen molar-refractivity contribution in [3.05, 3.63) is 0 Å². The van der Waals surface area contributed by atoms with Gasteiger partial charge in [0.05, 0.1) is 6.26 Å². The van der Waals surface area contributed by atoms with Gasteiger partial charge in [0.1, 0.15) is 0 Å². The van der Waals surface area contributed by atoms with Crippen LogP contribution in [0.25, 0.3) is 0 Å². The number of nitrogens with one attached hydrogen (secondary N) is 1. The molecule has 1 rings (SSSR count). The van der Waals surface area contributed by atoms with Crippen LogP contribution in [0.15, 0.2) is 0 Å². The molecule has 1 N–H and O–H groups in total. The molecule has 106 valence electrons. The van der Waals surface area contributed by atoms with Crippen LogP contribution >= 0.6 is 0 Å². The van der Waals surface area contributed by atoms with Crippen molar-refractivity contribution in [2.24, 2.45) is 5.41 Å². The highest BCUT2D eigenvalue weighted by Gasteiger charge is 2.27. The van der Waals surface area contributed by atoms with Crippen LogP contribution in [0, 0.1) is 5.41 Å². The molecule has 0 spiro atoms. The summed E-state index contributed by atoms with van der Waals surface area (Å²) in [5.41, 5.74) is -0.0334. The van der Waals surface area contributed by atoms with Crippen molar-refractivity contribution in [2.75, 3.05) is 19.3 Å². The summed E-state index contributed by atoms with van der Waals surface area (Å²) in [5, 5.41) is 0. The first-order chi connectivity index (χ1) is 8.07. The minimum absolute atomic E-state index is 0.0334. The molecule has 1 aliphatic heterocycles. The van der Waals surface area contributed by atoms with E-state index in [1.165, 1.54) is 0 Å². The molecule has 0 aromatic heterocycles. The molecule has 0 bridgehead atoms. The van der Waals surface area contributed by atoms with Crippen molar-refractivity contribution >= 4 is 15.9 Å². The molecule has 0 aromatic rings. The predicted octanol–water partition coefficient (Wildman–Crippen LogP) is 0.963. The predicted molar refractivity (Wildman–Crippen MR) is 71.7 cm³/mol. The number of hydrogen-bond donors (Lipinski definition) is 1. The van der Waals surface area contributed by atoms with E-state index in [0.29, 0.717) is 13.0 Å². The van der Waals surface area contributed by atoms with Crippen molar-refractivity contribution in [3.63, 3.8) is 0 Å². The van der Waals surface area contributed by atoms with E-state index in [1.807, 2.05) is 20.8 Å². The Balaban J connectivity index is 2.56. The van der Waals surface area contributed by atoms with E-state index in [1.54, 1.807) is 4.90 Å². The van der Waals surface area contributed by atoms with Gasteiger partial charge >= 0.3 is 0 Å². The second kappa shape index (κ2) is 5.57. The number of likely N-dealkylation sites (tertiary alicyclic amines) is 1. The Labute approximate surface area is 110 Å². The molecular weight excluding hydrogens is 252 g/mol. The van der Waals surface area contributed by atoms with Gasteiger partial charge in [-0.3, -0.25) is 4.79 Å². The van der Waals surface area contributed by atoms with E-state index in [9.17, 15) is 13.2 Å². The first-order valence-corrected chi connectivity index (χ1v) is 8.21. The van der Waals surface area contributed by atoms with Crippen LogP contribution in [-0.2, 0) is 14.8 Å². The fourth-order valence-corrected chi connectivity index (χ4v) is 2.97. The zero-order chi connectivity index (χ0) is 14.0. The lowest BCUT2D eigenvalue weighted by molar-refractivity contribution is -0.134. The SMILES string of the molecule is CC(C)(C)CC(=O)N1CCC[C@H](NS(C)(=O)=O)C1. The molecule has 1 heterocycles. The minimum atomic E-state index is -3.20. The molecule has 0 unspecified atom stereocenters. The third kappa shape index (κ3) is 5.82. The highest BCUT2D eigenvalue weighted by molar-refractivity contribution is 7.88. The Morgan fingerprint density at radius 1 is 1.39 bits per heavy atom. The van der Waals surface area contributed by atoms with Gasteiger partial charge in [0, 0.05) is 25.6 Å². The Bertz CT molecular complexity index is 398. The summed E-state index contributed by atoms with van der Waals surface area (Å²) in [4.78, 5) is 13.8. The van der Waals surface area contributed by atoms with E-state index in [0.717, 1.165) is 25.6 Å². The van der Waals surface area contributed by atoms with Crippen molar-refractivity contribution < 1.29 is 13.2 Å². The first kappa shape index (κ1) is 15.4. The van der Waals surface area contributed by atoms with Crippen molar-refractivity contribution in [1.29, 1.82) is 0 Å². The summed E-state index contributed by atoms with van der Waals surface area (Å²) >= 11 is 0. The van der Waals surface area contributed by atoms with Crippen molar-refractivity contribution in [1.82, 2.24) is 9.62 Å². The van der Waals surface area contributed by atoms with Crippen LogP contribution in [0.3, 0.4) is 0 Å². The van der Waals surface area contributed by atoms with Crippen molar-refractivity contribution in [2.45, 2.75) is 46.1 Å². The average Bonchev–Trinajstić information content (AvgIpc) is 2.12. The van der Waals surface area contributed by atoms with Gasteiger partial charge in [-0.05, 0) is 18.3 Å². The molecular formula is C12H24N2O3S. The lowest BCUT2D eigenvalue weighted by atomic mass is 9.91. The lowest BCUT2D eigenvalue weighted by Crippen LogP contribution is -2.49. The normalized spacial score (nSPS) is 22.0. The molecule has 6 heteroatoms. The molecule has 1 fully saturated rings. The monoisotopic (exact) mass is 276 g/mol. The number of sulfonamides is 1.